The summed E-state index contributed by atoms with van der Waals surface area (Å²) in [6, 6.07) is 1.73. The second-order valence-corrected chi connectivity index (χ2v) is 4.93. The predicted molar refractivity (Wildman–Crippen MR) is 74.9 cm³/mol. The molecule has 7 heteroatoms. The van der Waals surface area contributed by atoms with E-state index < -0.39 is 0 Å². The summed E-state index contributed by atoms with van der Waals surface area (Å²) in [4.78, 5) is 20.3. The number of hydrazine groups is 1. The summed E-state index contributed by atoms with van der Waals surface area (Å²) in [7, 11) is 0. The van der Waals surface area contributed by atoms with Crippen molar-refractivity contribution in [3.8, 4) is 0 Å². The number of amides is 1. The molecule has 6 nitrogen and oxygen atoms in total. The fraction of sp³-hybridized carbons (Fsp3) is 0.250. The number of anilines is 1. The van der Waals surface area contributed by atoms with Crippen LogP contribution in [0.25, 0.3) is 0 Å². The third-order valence-corrected chi connectivity index (χ3v) is 3.39. The molecule has 0 fully saturated rings. The summed E-state index contributed by atoms with van der Waals surface area (Å²) in [6.07, 6.45) is 3.99. The number of hydrogen-bond acceptors (Lipinski definition) is 6. The van der Waals surface area contributed by atoms with E-state index in [0.717, 1.165) is 10.7 Å². The number of nitrogen functional groups attached to an aromatic ring is 1. The lowest BCUT2D eigenvalue weighted by Crippen LogP contribution is -2.27. The molecule has 1 amide bonds. The number of nitrogens with two attached hydrogens (primary N) is 1. The number of aryl methyl sites for hydroxylation is 1. The van der Waals surface area contributed by atoms with Gasteiger partial charge < -0.3 is 10.7 Å². The zero-order valence-corrected chi connectivity index (χ0v) is 11.3. The van der Waals surface area contributed by atoms with Gasteiger partial charge in [0.15, 0.2) is 0 Å². The van der Waals surface area contributed by atoms with Crippen LogP contribution in [0.5, 0.6) is 0 Å². The maximum absolute atomic E-state index is 12.0. The van der Waals surface area contributed by atoms with Gasteiger partial charge in [0, 0.05) is 36.4 Å². The molecule has 0 bridgehead atoms. The number of pyridine rings is 1. The molecule has 19 heavy (non-hydrogen) atoms. The highest BCUT2D eigenvalue weighted by atomic mass is 32.1. The minimum atomic E-state index is -0.197. The first-order valence-electron chi connectivity index (χ1n) is 5.80. The zero-order valence-electron chi connectivity index (χ0n) is 10.5. The van der Waals surface area contributed by atoms with E-state index in [9.17, 15) is 4.79 Å². The monoisotopic (exact) mass is 277 g/mol. The van der Waals surface area contributed by atoms with Gasteiger partial charge in [-0.3, -0.25) is 15.6 Å². The lowest BCUT2D eigenvalue weighted by Gasteiger charge is -2.09. The Morgan fingerprint density at radius 2 is 2.32 bits per heavy atom. The number of hydrogen-bond donors (Lipinski definition) is 3. The van der Waals surface area contributed by atoms with Crippen LogP contribution in [-0.2, 0) is 6.42 Å². The van der Waals surface area contributed by atoms with Crippen LogP contribution in [0.3, 0.4) is 0 Å². The molecule has 0 radical (unpaired) electrons. The zero-order chi connectivity index (χ0) is 13.7. The highest BCUT2D eigenvalue weighted by molar-refractivity contribution is 7.09. The highest BCUT2D eigenvalue weighted by Crippen LogP contribution is 2.14. The quantitative estimate of drug-likeness (QED) is 0.562. The van der Waals surface area contributed by atoms with Crippen molar-refractivity contribution in [2.75, 3.05) is 12.0 Å². The lowest BCUT2D eigenvalue weighted by molar-refractivity contribution is 0.0954. The average molecular weight is 277 g/mol. The van der Waals surface area contributed by atoms with Crippen LogP contribution in [0.4, 0.5) is 5.69 Å². The first-order valence-corrected chi connectivity index (χ1v) is 6.68. The van der Waals surface area contributed by atoms with Gasteiger partial charge in [-0.1, -0.05) is 0 Å². The van der Waals surface area contributed by atoms with Crippen molar-refractivity contribution in [3.05, 3.63) is 40.1 Å². The van der Waals surface area contributed by atoms with Crippen molar-refractivity contribution < 1.29 is 4.79 Å². The maximum Gasteiger partial charge on any atom is 0.255 e. The molecule has 0 aliphatic carbocycles. The SMILES string of the molecule is Cc1cc(NN)c(C(=O)NCCc2nccs2)cn1. The topological polar surface area (TPSA) is 92.9 Å². The van der Waals surface area contributed by atoms with E-state index in [1.807, 2.05) is 12.3 Å². The summed E-state index contributed by atoms with van der Waals surface area (Å²) < 4.78 is 0. The average Bonchev–Trinajstić information content (AvgIpc) is 2.91. The molecule has 2 aromatic rings. The van der Waals surface area contributed by atoms with E-state index >= 15 is 0 Å². The summed E-state index contributed by atoms with van der Waals surface area (Å²) in [5.41, 5.74) is 4.31. The Morgan fingerprint density at radius 1 is 1.47 bits per heavy atom. The van der Waals surface area contributed by atoms with Crippen LogP contribution in [0.15, 0.2) is 23.8 Å². The minimum absolute atomic E-state index is 0.197. The van der Waals surface area contributed by atoms with Crippen molar-refractivity contribution in [3.63, 3.8) is 0 Å². The normalized spacial score (nSPS) is 10.2. The summed E-state index contributed by atoms with van der Waals surface area (Å²) in [5, 5.41) is 5.74. The first-order chi connectivity index (χ1) is 9.20. The first kappa shape index (κ1) is 13.4. The maximum atomic E-state index is 12.0. The van der Waals surface area contributed by atoms with Gasteiger partial charge in [-0.15, -0.1) is 11.3 Å². The van der Waals surface area contributed by atoms with Gasteiger partial charge in [-0.25, -0.2) is 4.98 Å². The highest BCUT2D eigenvalue weighted by Gasteiger charge is 2.11. The van der Waals surface area contributed by atoms with Gasteiger partial charge in [-0.2, -0.15) is 0 Å². The Bertz CT molecular complexity index is 555. The third-order valence-electron chi connectivity index (χ3n) is 2.55. The molecule has 0 atom stereocenters. The molecule has 2 aromatic heterocycles. The third kappa shape index (κ3) is 3.49. The van der Waals surface area contributed by atoms with E-state index in [1.165, 1.54) is 6.20 Å². The number of aromatic nitrogens is 2. The molecule has 0 aliphatic rings. The van der Waals surface area contributed by atoms with E-state index in [-0.39, 0.29) is 5.91 Å². The van der Waals surface area contributed by atoms with Gasteiger partial charge in [-0.05, 0) is 13.0 Å². The molecule has 4 N–H and O–H groups in total. The smallest absolute Gasteiger partial charge is 0.255 e. The molecular weight excluding hydrogens is 262 g/mol. The number of nitrogens with one attached hydrogen (secondary N) is 2. The largest absolute Gasteiger partial charge is 0.351 e. The molecule has 2 heterocycles. The molecule has 0 spiro atoms. The van der Waals surface area contributed by atoms with Gasteiger partial charge >= 0.3 is 0 Å². The number of carbonyl (C=O) groups excluding carboxylic acids is 1. The molecule has 2 rings (SSSR count). The molecule has 100 valence electrons. The van der Waals surface area contributed by atoms with Gasteiger partial charge in [0.05, 0.1) is 16.3 Å². The van der Waals surface area contributed by atoms with E-state index in [0.29, 0.717) is 24.2 Å². The van der Waals surface area contributed by atoms with Crippen molar-refractivity contribution in [1.82, 2.24) is 15.3 Å². The summed E-state index contributed by atoms with van der Waals surface area (Å²) in [6.45, 7) is 2.37. The van der Waals surface area contributed by atoms with Crippen molar-refractivity contribution >= 4 is 22.9 Å². The van der Waals surface area contributed by atoms with Crippen LogP contribution in [0.2, 0.25) is 0 Å². The molecular formula is C12H15N5OS. The summed E-state index contributed by atoms with van der Waals surface area (Å²) in [5.74, 6) is 5.20. The second-order valence-electron chi connectivity index (χ2n) is 3.95. The Hall–Kier alpha value is -1.99. The Morgan fingerprint density at radius 3 is 3.00 bits per heavy atom. The fourth-order valence-electron chi connectivity index (χ4n) is 1.61. The Balaban J connectivity index is 1.96. The lowest BCUT2D eigenvalue weighted by atomic mass is 10.2. The molecule has 0 saturated carbocycles. The molecule has 0 unspecified atom stereocenters. The number of rotatable bonds is 5. The van der Waals surface area contributed by atoms with E-state index in [2.05, 4.69) is 20.7 Å². The minimum Gasteiger partial charge on any atom is -0.351 e. The van der Waals surface area contributed by atoms with Crippen molar-refractivity contribution in [1.29, 1.82) is 0 Å². The molecule has 0 aliphatic heterocycles. The van der Waals surface area contributed by atoms with E-state index in [4.69, 9.17) is 5.84 Å². The van der Waals surface area contributed by atoms with Crippen LogP contribution >= 0.6 is 11.3 Å². The van der Waals surface area contributed by atoms with Crippen LogP contribution in [0, 0.1) is 6.92 Å². The van der Waals surface area contributed by atoms with Crippen molar-refractivity contribution in [2.24, 2.45) is 5.84 Å². The van der Waals surface area contributed by atoms with Crippen LogP contribution < -0.4 is 16.6 Å². The second kappa shape index (κ2) is 6.26. The van der Waals surface area contributed by atoms with Crippen molar-refractivity contribution in [2.45, 2.75) is 13.3 Å². The van der Waals surface area contributed by atoms with Crippen LogP contribution in [0.1, 0.15) is 21.1 Å². The fourth-order valence-corrected chi connectivity index (χ4v) is 2.24. The number of carbonyl (C=O) groups is 1. The van der Waals surface area contributed by atoms with Crippen LogP contribution in [-0.4, -0.2) is 22.4 Å². The van der Waals surface area contributed by atoms with Gasteiger partial charge in [0.25, 0.3) is 5.91 Å². The standard InChI is InChI=1S/C12H15N5OS/c1-8-6-10(17-13)9(7-16-8)12(18)15-3-2-11-14-4-5-19-11/h4-7H,2-3,13H2,1H3,(H,15,18)(H,16,17). The predicted octanol–water partition coefficient (Wildman–Crippen LogP) is 1.10. The molecule has 0 saturated heterocycles. The Labute approximate surface area is 115 Å². The molecule has 0 aromatic carbocycles. The van der Waals surface area contributed by atoms with Gasteiger partial charge in [0.1, 0.15) is 0 Å². The number of thiazole rings is 1. The van der Waals surface area contributed by atoms with E-state index in [1.54, 1.807) is 23.6 Å². The number of nitrogens with zero attached hydrogens (tertiary/aromatic N) is 2. The Kier molecular flexibility index (Phi) is 4.43. The van der Waals surface area contributed by atoms with Gasteiger partial charge in [0.2, 0.25) is 0 Å². The summed E-state index contributed by atoms with van der Waals surface area (Å²) >= 11 is 1.57.